The lowest BCUT2D eigenvalue weighted by atomic mass is 10.1. The number of aromatic nitrogens is 3. The van der Waals surface area contributed by atoms with Crippen molar-refractivity contribution in [2.45, 2.75) is 39.5 Å². The van der Waals surface area contributed by atoms with Gasteiger partial charge in [0.1, 0.15) is 5.82 Å². The summed E-state index contributed by atoms with van der Waals surface area (Å²) >= 11 is 0. The van der Waals surface area contributed by atoms with Gasteiger partial charge < -0.3 is 10.2 Å². The summed E-state index contributed by atoms with van der Waals surface area (Å²) in [7, 11) is 0. The first-order valence-electron chi connectivity index (χ1n) is 11.1. The molecule has 2 aromatic heterocycles. The summed E-state index contributed by atoms with van der Waals surface area (Å²) in [5.41, 5.74) is 5.71. The van der Waals surface area contributed by atoms with Crippen molar-refractivity contribution in [1.29, 1.82) is 0 Å². The van der Waals surface area contributed by atoms with Crippen molar-refractivity contribution in [2.75, 3.05) is 23.3 Å². The van der Waals surface area contributed by atoms with Crippen LogP contribution in [0.25, 0.3) is 16.6 Å². The summed E-state index contributed by atoms with van der Waals surface area (Å²) in [5, 5.41) is 8.51. The van der Waals surface area contributed by atoms with E-state index in [0.29, 0.717) is 17.8 Å². The number of fused-ring (bicyclic) bond motifs is 3. The molecule has 5 rings (SSSR count). The maximum Gasteiger partial charge on any atom is 0.224 e. The third kappa shape index (κ3) is 3.68. The molecule has 0 aliphatic carbocycles. The number of anilines is 2. The first-order valence-corrected chi connectivity index (χ1v) is 11.1. The molecule has 0 atom stereocenters. The molecular formula is C25H26FN5O. The number of nitrogens with one attached hydrogen (secondary N) is 1. The van der Waals surface area contributed by atoms with E-state index in [2.05, 4.69) is 10.4 Å². The van der Waals surface area contributed by atoms with Gasteiger partial charge in [-0.15, -0.1) is 0 Å². The van der Waals surface area contributed by atoms with Crippen molar-refractivity contribution in [3.05, 3.63) is 65.2 Å². The second-order valence-corrected chi connectivity index (χ2v) is 8.42. The Morgan fingerprint density at radius 1 is 1.12 bits per heavy atom. The van der Waals surface area contributed by atoms with Gasteiger partial charge in [0.2, 0.25) is 5.91 Å². The standard InChI is InChI=1S/C25H26FN5O/c1-16-19(17(2)31-25(27-16)20-7-3-4-8-22(20)29-31)10-12-24(32)28-18-9-11-23(21(26)15-18)30-13-5-6-14-30/h3-4,7-9,11,15H,5-6,10,12-14H2,1-2H3,(H,28,32). The SMILES string of the molecule is Cc1nc2c3ccccc3nn2c(C)c1CCC(=O)Nc1ccc(N2CCCC2)c(F)c1. The molecular weight excluding hydrogens is 405 g/mol. The van der Waals surface area contributed by atoms with Crippen LogP contribution >= 0.6 is 0 Å². The Labute approximate surface area is 186 Å². The molecule has 2 aromatic carbocycles. The van der Waals surface area contributed by atoms with Gasteiger partial charge in [-0.3, -0.25) is 4.79 Å². The average molecular weight is 432 g/mol. The Bertz CT molecular complexity index is 1320. The molecule has 32 heavy (non-hydrogen) atoms. The molecule has 6 nitrogen and oxygen atoms in total. The molecule has 1 N–H and O–H groups in total. The highest BCUT2D eigenvalue weighted by Gasteiger charge is 2.18. The van der Waals surface area contributed by atoms with Crippen molar-refractivity contribution in [3.63, 3.8) is 0 Å². The fourth-order valence-electron chi connectivity index (χ4n) is 4.60. The van der Waals surface area contributed by atoms with Crippen molar-refractivity contribution in [1.82, 2.24) is 14.6 Å². The molecule has 0 bridgehead atoms. The number of rotatable bonds is 5. The third-order valence-electron chi connectivity index (χ3n) is 6.30. The first-order chi connectivity index (χ1) is 15.5. The minimum absolute atomic E-state index is 0.150. The minimum atomic E-state index is -0.295. The van der Waals surface area contributed by atoms with Crippen molar-refractivity contribution >= 4 is 33.8 Å². The number of nitrogens with zero attached hydrogens (tertiary/aromatic N) is 4. The van der Waals surface area contributed by atoms with Gasteiger partial charge in [0.15, 0.2) is 5.65 Å². The maximum absolute atomic E-state index is 14.5. The summed E-state index contributed by atoms with van der Waals surface area (Å²) in [6, 6.07) is 12.9. The number of hydrogen-bond acceptors (Lipinski definition) is 4. The highest BCUT2D eigenvalue weighted by Crippen LogP contribution is 2.27. The van der Waals surface area contributed by atoms with Gasteiger partial charge in [-0.1, -0.05) is 12.1 Å². The Kier molecular flexibility index (Phi) is 5.25. The van der Waals surface area contributed by atoms with Crippen molar-refractivity contribution in [3.8, 4) is 0 Å². The van der Waals surface area contributed by atoms with Gasteiger partial charge in [0, 0.05) is 42.0 Å². The van der Waals surface area contributed by atoms with E-state index in [-0.39, 0.29) is 18.1 Å². The van der Waals surface area contributed by atoms with E-state index in [9.17, 15) is 9.18 Å². The zero-order valence-corrected chi connectivity index (χ0v) is 18.4. The summed E-state index contributed by atoms with van der Waals surface area (Å²) in [5.74, 6) is -0.445. The van der Waals surface area contributed by atoms with E-state index in [1.165, 1.54) is 6.07 Å². The molecule has 1 amide bonds. The second-order valence-electron chi connectivity index (χ2n) is 8.42. The average Bonchev–Trinajstić information content (AvgIpc) is 3.42. The predicted molar refractivity (Wildman–Crippen MR) is 125 cm³/mol. The summed E-state index contributed by atoms with van der Waals surface area (Å²) in [4.78, 5) is 19.4. The lowest BCUT2D eigenvalue weighted by molar-refractivity contribution is -0.116. The number of hydrogen-bond donors (Lipinski definition) is 1. The van der Waals surface area contributed by atoms with Crippen LogP contribution in [0.2, 0.25) is 0 Å². The second kappa shape index (κ2) is 8.22. The molecule has 1 aliphatic rings. The zero-order valence-electron chi connectivity index (χ0n) is 18.4. The van der Waals surface area contributed by atoms with Gasteiger partial charge >= 0.3 is 0 Å². The van der Waals surface area contributed by atoms with Gasteiger partial charge in [-0.2, -0.15) is 5.10 Å². The number of carbonyl (C=O) groups excluding carboxylic acids is 1. The van der Waals surface area contributed by atoms with Gasteiger partial charge in [0.05, 0.1) is 11.2 Å². The molecule has 7 heteroatoms. The quantitative estimate of drug-likeness (QED) is 0.493. The molecule has 4 aromatic rings. The molecule has 0 radical (unpaired) electrons. The van der Waals surface area contributed by atoms with E-state index in [4.69, 9.17) is 4.98 Å². The number of carbonyl (C=O) groups is 1. The Morgan fingerprint density at radius 2 is 1.91 bits per heavy atom. The molecule has 0 unspecified atom stereocenters. The molecule has 3 heterocycles. The molecule has 164 valence electrons. The number of aryl methyl sites for hydroxylation is 2. The molecule has 1 fully saturated rings. The minimum Gasteiger partial charge on any atom is -0.369 e. The van der Waals surface area contributed by atoms with Gasteiger partial charge in [-0.25, -0.2) is 13.9 Å². The van der Waals surface area contributed by atoms with Crippen LogP contribution < -0.4 is 10.2 Å². The molecule has 1 saturated heterocycles. The normalized spacial score (nSPS) is 13.9. The number of amides is 1. The van der Waals surface area contributed by atoms with E-state index in [0.717, 1.165) is 59.4 Å². The Hall–Kier alpha value is -3.48. The van der Waals surface area contributed by atoms with Crippen LogP contribution in [-0.2, 0) is 11.2 Å². The fourth-order valence-corrected chi connectivity index (χ4v) is 4.60. The smallest absolute Gasteiger partial charge is 0.224 e. The summed E-state index contributed by atoms with van der Waals surface area (Å²) in [6.45, 7) is 5.73. The lowest BCUT2D eigenvalue weighted by Crippen LogP contribution is -2.19. The topological polar surface area (TPSA) is 62.5 Å². The van der Waals surface area contributed by atoms with Crippen LogP contribution in [0.3, 0.4) is 0 Å². The predicted octanol–water partition coefficient (Wildman–Crippen LogP) is 4.81. The number of benzene rings is 2. The molecule has 0 spiro atoms. The molecule has 0 saturated carbocycles. The van der Waals surface area contributed by atoms with Crippen LogP contribution in [-0.4, -0.2) is 33.6 Å². The van der Waals surface area contributed by atoms with E-state index in [1.807, 2.05) is 47.5 Å². The van der Waals surface area contributed by atoms with Crippen LogP contribution in [0.5, 0.6) is 0 Å². The van der Waals surface area contributed by atoms with Crippen LogP contribution in [0.15, 0.2) is 42.5 Å². The van der Waals surface area contributed by atoms with E-state index in [1.54, 1.807) is 12.1 Å². The Balaban J connectivity index is 1.30. The van der Waals surface area contributed by atoms with Crippen LogP contribution in [0.4, 0.5) is 15.8 Å². The monoisotopic (exact) mass is 431 g/mol. The fraction of sp³-hybridized carbons (Fsp3) is 0.320. The van der Waals surface area contributed by atoms with Gasteiger partial charge in [0.25, 0.3) is 0 Å². The third-order valence-corrected chi connectivity index (χ3v) is 6.30. The summed E-state index contributed by atoms with van der Waals surface area (Å²) in [6.07, 6.45) is 3.00. The highest BCUT2D eigenvalue weighted by atomic mass is 19.1. The molecule has 1 aliphatic heterocycles. The number of halogens is 1. The van der Waals surface area contributed by atoms with E-state index >= 15 is 0 Å². The van der Waals surface area contributed by atoms with Gasteiger partial charge in [-0.05, 0) is 69.0 Å². The Morgan fingerprint density at radius 3 is 2.69 bits per heavy atom. The van der Waals surface area contributed by atoms with Crippen molar-refractivity contribution < 1.29 is 9.18 Å². The lowest BCUT2D eigenvalue weighted by Gasteiger charge is -2.19. The van der Waals surface area contributed by atoms with Crippen LogP contribution in [0.1, 0.15) is 36.2 Å². The summed E-state index contributed by atoms with van der Waals surface area (Å²) < 4.78 is 16.4. The van der Waals surface area contributed by atoms with E-state index < -0.39 is 0 Å². The van der Waals surface area contributed by atoms with Crippen LogP contribution in [0, 0.1) is 19.7 Å². The van der Waals surface area contributed by atoms with Crippen molar-refractivity contribution in [2.24, 2.45) is 0 Å². The largest absolute Gasteiger partial charge is 0.369 e. The zero-order chi connectivity index (χ0) is 22.2. The first kappa shape index (κ1) is 20.4. The highest BCUT2D eigenvalue weighted by molar-refractivity contribution is 5.92. The maximum atomic E-state index is 14.5.